The average molecular weight is 382 g/mol. The van der Waals surface area contributed by atoms with Crippen molar-refractivity contribution in [1.29, 1.82) is 0 Å². The maximum atomic E-state index is 10.5. The van der Waals surface area contributed by atoms with Crippen LogP contribution < -0.4 is 15.8 Å². The molecule has 1 aliphatic heterocycles. The first-order chi connectivity index (χ1) is 13.0. The fourth-order valence-corrected chi connectivity index (χ4v) is 4.43. The van der Waals surface area contributed by atoms with E-state index in [9.17, 15) is 5.11 Å². The quantitative estimate of drug-likeness (QED) is 0.629. The molecule has 0 aliphatic carbocycles. The molecule has 27 heavy (non-hydrogen) atoms. The van der Waals surface area contributed by atoms with Gasteiger partial charge in [0.25, 0.3) is 0 Å². The Morgan fingerprint density at radius 2 is 2.15 bits per heavy atom. The van der Waals surface area contributed by atoms with Crippen LogP contribution in [0.5, 0.6) is 5.75 Å². The van der Waals surface area contributed by atoms with Crippen LogP contribution in [0, 0.1) is 6.92 Å². The lowest BCUT2D eigenvalue weighted by Crippen LogP contribution is -2.16. The van der Waals surface area contributed by atoms with Crippen LogP contribution in [0.1, 0.15) is 35.2 Å². The van der Waals surface area contributed by atoms with Gasteiger partial charge in [0.1, 0.15) is 5.75 Å². The van der Waals surface area contributed by atoms with E-state index in [1.807, 2.05) is 30.6 Å². The van der Waals surface area contributed by atoms with Crippen molar-refractivity contribution in [1.82, 2.24) is 4.98 Å². The number of thiophene rings is 1. The Balaban J connectivity index is 1.95. The second-order valence-electron chi connectivity index (χ2n) is 6.87. The third-order valence-electron chi connectivity index (χ3n) is 5.14. The van der Waals surface area contributed by atoms with Gasteiger partial charge in [-0.2, -0.15) is 0 Å². The number of nitrogens with zero attached hydrogens (tertiary/aromatic N) is 1. The number of pyridine rings is 1. The van der Waals surface area contributed by atoms with Gasteiger partial charge in [0.15, 0.2) is 6.23 Å². The van der Waals surface area contributed by atoms with Crippen LogP contribution in [0.25, 0.3) is 22.3 Å². The van der Waals surface area contributed by atoms with Crippen molar-refractivity contribution >= 4 is 17.0 Å². The molecule has 2 unspecified atom stereocenters. The predicted molar refractivity (Wildman–Crippen MR) is 110 cm³/mol. The molecule has 4 rings (SSSR count). The second kappa shape index (κ2) is 6.96. The summed E-state index contributed by atoms with van der Waals surface area (Å²) in [5.41, 5.74) is 12.8. The Morgan fingerprint density at radius 3 is 2.81 bits per heavy atom. The van der Waals surface area contributed by atoms with Gasteiger partial charge in [-0.3, -0.25) is 4.98 Å². The predicted octanol–water partition coefficient (Wildman–Crippen LogP) is 4.27. The number of anilines is 1. The van der Waals surface area contributed by atoms with Gasteiger partial charge < -0.3 is 20.9 Å². The summed E-state index contributed by atoms with van der Waals surface area (Å²) in [5.74, 6) is 1.01. The molecule has 0 amide bonds. The van der Waals surface area contributed by atoms with Gasteiger partial charge in [0.2, 0.25) is 0 Å². The van der Waals surface area contributed by atoms with Crippen LogP contribution in [0.3, 0.4) is 0 Å². The van der Waals surface area contributed by atoms with Gasteiger partial charge in [0, 0.05) is 52.3 Å². The number of benzene rings is 1. The van der Waals surface area contributed by atoms with E-state index in [0.29, 0.717) is 6.54 Å². The van der Waals surface area contributed by atoms with Gasteiger partial charge in [-0.1, -0.05) is 13.0 Å². The number of aromatic nitrogens is 1. The molecule has 0 saturated heterocycles. The largest absolute Gasteiger partial charge is 0.496 e. The van der Waals surface area contributed by atoms with E-state index in [1.54, 1.807) is 18.4 Å². The van der Waals surface area contributed by atoms with Crippen molar-refractivity contribution in [3.63, 3.8) is 0 Å². The maximum absolute atomic E-state index is 10.5. The summed E-state index contributed by atoms with van der Waals surface area (Å²) in [4.78, 5) is 5.54. The van der Waals surface area contributed by atoms with Crippen LogP contribution in [-0.2, 0) is 0 Å². The summed E-state index contributed by atoms with van der Waals surface area (Å²) in [6, 6.07) is 8.16. The minimum absolute atomic E-state index is 0.216. The first-order valence-electron chi connectivity index (χ1n) is 8.95. The lowest BCUT2D eigenvalue weighted by molar-refractivity contribution is 0.211. The van der Waals surface area contributed by atoms with E-state index in [4.69, 9.17) is 10.5 Å². The minimum atomic E-state index is -0.696. The molecule has 3 aromatic rings. The maximum Gasteiger partial charge on any atom is 0.160 e. The average Bonchev–Trinajstić information content (AvgIpc) is 3.18. The summed E-state index contributed by atoms with van der Waals surface area (Å²) >= 11 is 1.55. The number of ether oxygens (including phenoxy) is 1. The molecule has 0 saturated carbocycles. The lowest BCUT2D eigenvalue weighted by atomic mass is 9.88. The monoisotopic (exact) mass is 381 g/mol. The zero-order valence-corrected chi connectivity index (χ0v) is 16.4. The third kappa shape index (κ3) is 2.90. The number of aliphatic hydroxyl groups excluding tert-OH is 1. The van der Waals surface area contributed by atoms with Gasteiger partial charge in [-0.05, 0) is 36.1 Å². The Labute approximate surface area is 162 Å². The fraction of sp³-hybridized carbons (Fsp3) is 0.286. The molecule has 2 atom stereocenters. The van der Waals surface area contributed by atoms with Crippen LogP contribution in [0.2, 0.25) is 0 Å². The van der Waals surface area contributed by atoms with Crippen LogP contribution in [0.4, 0.5) is 5.69 Å². The van der Waals surface area contributed by atoms with Crippen molar-refractivity contribution in [2.24, 2.45) is 5.73 Å². The fourth-order valence-electron chi connectivity index (χ4n) is 3.60. The van der Waals surface area contributed by atoms with Crippen molar-refractivity contribution in [2.75, 3.05) is 19.0 Å². The number of nitrogens with two attached hydrogens (primary N) is 1. The van der Waals surface area contributed by atoms with Gasteiger partial charge in [-0.25, -0.2) is 0 Å². The molecule has 3 heterocycles. The Morgan fingerprint density at radius 1 is 1.33 bits per heavy atom. The number of hydrogen-bond acceptors (Lipinski definition) is 6. The smallest absolute Gasteiger partial charge is 0.160 e. The second-order valence-corrected chi connectivity index (χ2v) is 7.82. The van der Waals surface area contributed by atoms with E-state index in [0.717, 1.165) is 49.8 Å². The minimum Gasteiger partial charge on any atom is -0.496 e. The highest BCUT2D eigenvalue weighted by Gasteiger charge is 2.29. The van der Waals surface area contributed by atoms with Gasteiger partial charge >= 0.3 is 0 Å². The number of aliphatic hydroxyl groups is 1. The zero-order valence-electron chi connectivity index (χ0n) is 15.6. The summed E-state index contributed by atoms with van der Waals surface area (Å²) in [5, 5.41) is 15.7. The van der Waals surface area contributed by atoms with E-state index in [1.165, 1.54) is 0 Å². The standard InChI is InChI=1S/C21H23N3O2S/c1-11-8-16(26-3)17(13-4-5-15(23-10-13)12(2)9-22)18-14-6-7-27-20(14)21(25)24-19(11)18/h4-8,10,12,21,24-25H,9,22H2,1-3H3. The number of nitrogens with one attached hydrogen (secondary N) is 1. The van der Waals surface area contributed by atoms with Gasteiger partial charge in [0.05, 0.1) is 12.0 Å². The summed E-state index contributed by atoms with van der Waals surface area (Å²) in [6.45, 7) is 4.65. The van der Waals surface area contributed by atoms with Crippen molar-refractivity contribution in [3.8, 4) is 28.0 Å². The highest BCUT2D eigenvalue weighted by molar-refractivity contribution is 7.10. The van der Waals surface area contributed by atoms with E-state index < -0.39 is 6.23 Å². The summed E-state index contributed by atoms with van der Waals surface area (Å²) in [6.07, 6.45) is 1.19. The number of methoxy groups -OCH3 is 1. The molecular weight excluding hydrogens is 358 g/mol. The molecule has 0 fully saturated rings. The first kappa shape index (κ1) is 18.0. The first-order valence-corrected chi connectivity index (χ1v) is 9.83. The molecule has 0 spiro atoms. The highest BCUT2D eigenvalue weighted by Crippen LogP contribution is 2.51. The van der Waals surface area contributed by atoms with Crippen molar-refractivity contribution < 1.29 is 9.84 Å². The Kier molecular flexibility index (Phi) is 4.63. The van der Waals surface area contributed by atoms with Crippen molar-refractivity contribution in [2.45, 2.75) is 26.0 Å². The molecule has 1 aliphatic rings. The molecule has 6 heteroatoms. The Bertz CT molecular complexity index is 982. The molecule has 1 aromatic carbocycles. The zero-order chi connectivity index (χ0) is 19.1. The molecule has 5 nitrogen and oxygen atoms in total. The molecule has 0 bridgehead atoms. The number of hydrogen-bond donors (Lipinski definition) is 3. The molecule has 140 valence electrons. The highest BCUT2D eigenvalue weighted by atomic mass is 32.1. The van der Waals surface area contributed by atoms with Crippen LogP contribution >= 0.6 is 11.3 Å². The van der Waals surface area contributed by atoms with E-state index in [2.05, 4.69) is 29.4 Å². The SMILES string of the molecule is COc1cc(C)c2c(c1-c1ccc(C(C)CN)nc1)-c1ccsc1C(O)N2. The van der Waals surface area contributed by atoms with E-state index in [-0.39, 0.29) is 5.92 Å². The van der Waals surface area contributed by atoms with Crippen LogP contribution in [0.15, 0.2) is 35.8 Å². The lowest BCUT2D eigenvalue weighted by Gasteiger charge is -2.28. The van der Waals surface area contributed by atoms with Crippen molar-refractivity contribution in [3.05, 3.63) is 52.0 Å². The van der Waals surface area contributed by atoms with E-state index >= 15 is 0 Å². The number of aryl methyl sites for hydroxylation is 1. The van der Waals surface area contributed by atoms with Crippen LogP contribution in [-0.4, -0.2) is 23.7 Å². The number of fused-ring (bicyclic) bond motifs is 3. The Hall–Kier alpha value is -2.41. The molecule has 2 aromatic heterocycles. The molecule has 4 N–H and O–H groups in total. The molecule has 0 radical (unpaired) electrons. The molecular formula is C21H23N3O2S. The third-order valence-corrected chi connectivity index (χ3v) is 6.10. The van der Waals surface area contributed by atoms with Gasteiger partial charge in [-0.15, -0.1) is 11.3 Å². The normalized spacial score (nSPS) is 16.3. The summed E-state index contributed by atoms with van der Waals surface area (Å²) in [7, 11) is 1.68. The number of rotatable bonds is 4. The summed E-state index contributed by atoms with van der Waals surface area (Å²) < 4.78 is 5.73. The topological polar surface area (TPSA) is 80.4 Å².